The van der Waals surface area contributed by atoms with E-state index in [9.17, 15) is 9.90 Å². The van der Waals surface area contributed by atoms with E-state index in [0.29, 0.717) is 24.3 Å². The van der Waals surface area contributed by atoms with E-state index in [0.717, 1.165) is 66.9 Å². The first-order valence-corrected chi connectivity index (χ1v) is 14.0. The topological polar surface area (TPSA) is 62.7 Å². The van der Waals surface area contributed by atoms with E-state index in [1.165, 1.54) is 10.5 Å². The van der Waals surface area contributed by atoms with Crippen LogP contribution in [0, 0.1) is 12.3 Å². The molecule has 5 nitrogen and oxygen atoms in total. The number of hydrogen-bond acceptors (Lipinski definition) is 5. The van der Waals surface area contributed by atoms with Gasteiger partial charge in [-0.05, 0) is 107 Å². The minimum atomic E-state index is -0.663. The minimum Gasteiger partial charge on any atom is -0.497 e. The molecule has 0 unspecified atom stereocenters. The van der Waals surface area contributed by atoms with Gasteiger partial charge in [-0.3, -0.25) is 9.78 Å². The molecule has 1 fully saturated rings. The number of rotatable bonds is 11. The van der Waals surface area contributed by atoms with E-state index in [-0.39, 0.29) is 0 Å². The fraction of sp³-hybridized carbons (Fsp3) is 0.448. The van der Waals surface area contributed by atoms with Gasteiger partial charge in [-0.2, -0.15) is 0 Å². The number of carbonyl (C=O) groups is 1. The fourth-order valence-corrected chi connectivity index (χ4v) is 6.16. The smallest absolute Gasteiger partial charge is 0.309 e. The normalized spacial score (nSPS) is 15.8. The van der Waals surface area contributed by atoms with Gasteiger partial charge in [0.25, 0.3) is 0 Å². The molecule has 1 aromatic heterocycles. The van der Waals surface area contributed by atoms with Gasteiger partial charge >= 0.3 is 5.97 Å². The molecule has 192 valence electrons. The number of pyridine rings is 1. The van der Waals surface area contributed by atoms with Gasteiger partial charge in [-0.25, -0.2) is 0 Å². The predicted molar refractivity (Wildman–Crippen MR) is 149 cm³/mol. The Hall–Kier alpha value is -2.28. The molecular formula is C29H35ClN2O3S. The van der Waals surface area contributed by atoms with Crippen LogP contribution in [0.2, 0.25) is 5.02 Å². The molecule has 4 rings (SSSR count). The van der Waals surface area contributed by atoms with Crippen LogP contribution in [0.15, 0.2) is 53.6 Å². The first kappa shape index (κ1) is 26.8. The van der Waals surface area contributed by atoms with Crippen molar-refractivity contribution < 1.29 is 14.6 Å². The lowest BCUT2D eigenvalue weighted by Gasteiger charge is -2.39. The number of aromatic nitrogens is 1. The first-order valence-electron chi connectivity index (χ1n) is 12.7. The average Bonchev–Trinajstić information content (AvgIpc) is 2.89. The molecule has 3 aromatic rings. The molecule has 2 aromatic carbocycles. The van der Waals surface area contributed by atoms with Crippen LogP contribution in [-0.2, 0) is 11.2 Å². The van der Waals surface area contributed by atoms with Gasteiger partial charge in [0.15, 0.2) is 0 Å². The summed E-state index contributed by atoms with van der Waals surface area (Å²) >= 11 is 8.41. The summed E-state index contributed by atoms with van der Waals surface area (Å²) in [6, 6.07) is 14.5. The summed E-state index contributed by atoms with van der Waals surface area (Å²) in [4.78, 5) is 20.5. The van der Waals surface area contributed by atoms with E-state index in [1.807, 2.05) is 30.0 Å². The summed E-state index contributed by atoms with van der Waals surface area (Å²) in [5, 5.41) is 11.8. The van der Waals surface area contributed by atoms with Gasteiger partial charge in [-0.1, -0.05) is 29.3 Å². The Labute approximate surface area is 223 Å². The van der Waals surface area contributed by atoms with Crippen molar-refractivity contribution in [2.24, 2.45) is 5.41 Å². The van der Waals surface area contributed by atoms with Gasteiger partial charge in [0.1, 0.15) is 5.75 Å². The highest BCUT2D eigenvalue weighted by molar-refractivity contribution is 7.99. The number of hydrogen-bond donors (Lipinski definition) is 1. The zero-order valence-corrected chi connectivity index (χ0v) is 22.7. The third-order valence-electron chi connectivity index (χ3n) is 7.39. The summed E-state index contributed by atoms with van der Waals surface area (Å²) < 4.78 is 5.38. The molecule has 1 aliphatic heterocycles. The minimum absolute atomic E-state index is 0.624. The predicted octanol–water partition coefficient (Wildman–Crippen LogP) is 6.88. The van der Waals surface area contributed by atoms with Gasteiger partial charge in [0.2, 0.25) is 0 Å². The van der Waals surface area contributed by atoms with Gasteiger partial charge in [-0.15, -0.1) is 11.8 Å². The number of carboxylic acid groups (broad SMARTS) is 1. The van der Waals surface area contributed by atoms with E-state index in [1.54, 1.807) is 13.3 Å². The van der Waals surface area contributed by atoms with Crippen LogP contribution < -0.4 is 4.74 Å². The fourth-order valence-electron chi connectivity index (χ4n) is 5.07. The van der Waals surface area contributed by atoms with Crippen molar-refractivity contribution in [1.29, 1.82) is 0 Å². The van der Waals surface area contributed by atoms with Crippen LogP contribution in [0.4, 0.5) is 0 Å². The molecule has 1 saturated heterocycles. The molecule has 36 heavy (non-hydrogen) atoms. The second kappa shape index (κ2) is 12.3. The first-order chi connectivity index (χ1) is 17.4. The lowest BCUT2D eigenvalue weighted by Crippen LogP contribution is -2.44. The zero-order chi connectivity index (χ0) is 25.5. The van der Waals surface area contributed by atoms with Gasteiger partial charge in [0, 0.05) is 16.5 Å². The SMILES string of the molecule is COc1ccc2ncc(Cl)c(CCCC3(C(=O)O)CCN(CCCSc4ccc(C)cc4)CC3)c2c1. The molecule has 1 N–H and O–H groups in total. The van der Waals surface area contributed by atoms with Crippen molar-refractivity contribution >= 4 is 40.2 Å². The van der Waals surface area contributed by atoms with Crippen molar-refractivity contribution in [3.05, 3.63) is 64.8 Å². The number of halogens is 1. The largest absolute Gasteiger partial charge is 0.497 e. The zero-order valence-electron chi connectivity index (χ0n) is 21.1. The number of methoxy groups -OCH3 is 1. The molecule has 2 heterocycles. The van der Waals surface area contributed by atoms with Crippen LogP contribution in [0.3, 0.4) is 0 Å². The number of aryl methyl sites for hydroxylation is 2. The Kier molecular flexibility index (Phi) is 9.15. The maximum Gasteiger partial charge on any atom is 0.309 e. The number of nitrogens with zero attached hydrogens (tertiary/aromatic N) is 2. The highest BCUT2D eigenvalue weighted by Gasteiger charge is 2.40. The maximum absolute atomic E-state index is 12.4. The molecule has 1 aliphatic rings. The Morgan fingerprint density at radius 1 is 1.17 bits per heavy atom. The monoisotopic (exact) mass is 526 g/mol. The second-order valence-electron chi connectivity index (χ2n) is 9.76. The lowest BCUT2D eigenvalue weighted by atomic mass is 9.74. The van der Waals surface area contributed by atoms with Crippen molar-refractivity contribution in [2.45, 2.75) is 50.3 Å². The van der Waals surface area contributed by atoms with Crippen LogP contribution in [0.1, 0.15) is 43.2 Å². The number of fused-ring (bicyclic) bond motifs is 1. The van der Waals surface area contributed by atoms with Crippen molar-refractivity contribution in [3.63, 3.8) is 0 Å². The standard InChI is InChI=1S/C29H35ClN2O3S/c1-21-6-9-23(10-7-21)36-18-4-15-32-16-13-29(14-17-32,28(33)34)12-3-5-24-25-19-22(35-2)8-11-27(25)31-20-26(24)30/h6-11,19-20H,3-5,12-18H2,1-2H3,(H,33,34). The number of carboxylic acids is 1. The number of piperidine rings is 1. The molecule has 0 spiro atoms. The number of aliphatic carboxylic acids is 1. The molecule has 0 aliphatic carbocycles. The van der Waals surface area contributed by atoms with Crippen LogP contribution in [0.5, 0.6) is 5.75 Å². The second-order valence-corrected chi connectivity index (χ2v) is 11.3. The summed E-state index contributed by atoms with van der Waals surface area (Å²) in [7, 11) is 1.64. The maximum atomic E-state index is 12.4. The summed E-state index contributed by atoms with van der Waals surface area (Å²) in [5.74, 6) is 1.18. The Bertz CT molecular complexity index is 1180. The van der Waals surface area contributed by atoms with E-state index < -0.39 is 11.4 Å². The van der Waals surface area contributed by atoms with Crippen LogP contribution >= 0.6 is 23.4 Å². The third-order valence-corrected chi connectivity index (χ3v) is 8.82. The van der Waals surface area contributed by atoms with Crippen molar-refractivity contribution in [2.75, 3.05) is 32.5 Å². The van der Waals surface area contributed by atoms with Crippen LogP contribution in [0.25, 0.3) is 10.9 Å². The molecule has 0 bridgehead atoms. The quantitative estimate of drug-likeness (QED) is 0.217. The number of thioether (sulfide) groups is 1. The summed E-state index contributed by atoms with van der Waals surface area (Å²) in [6.07, 6.45) is 6.35. The van der Waals surface area contributed by atoms with E-state index >= 15 is 0 Å². The third kappa shape index (κ3) is 6.53. The Balaban J connectivity index is 1.29. The van der Waals surface area contributed by atoms with E-state index in [2.05, 4.69) is 41.1 Å². The number of benzene rings is 2. The molecule has 0 amide bonds. The number of ether oxygens (including phenoxy) is 1. The molecule has 0 atom stereocenters. The molecular weight excluding hydrogens is 492 g/mol. The molecule has 0 radical (unpaired) electrons. The van der Waals surface area contributed by atoms with Crippen LogP contribution in [-0.4, -0.2) is 53.5 Å². The highest BCUT2D eigenvalue weighted by Crippen LogP contribution is 2.38. The summed E-state index contributed by atoms with van der Waals surface area (Å²) in [5.41, 5.74) is 2.52. The summed E-state index contributed by atoms with van der Waals surface area (Å²) in [6.45, 7) is 4.82. The van der Waals surface area contributed by atoms with Gasteiger partial charge in [0.05, 0.1) is 23.1 Å². The van der Waals surface area contributed by atoms with Gasteiger partial charge < -0.3 is 14.7 Å². The lowest BCUT2D eigenvalue weighted by molar-refractivity contribution is -0.152. The van der Waals surface area contributed by atoms with Crippen molar-refractivity contribution in [1.82, 2.24) is 9.88 Å². The molecule has 7 heteroatoms. The Morgan fingerprint density at radius 2 is 1.92 bits per heavy atom. The highest BCUT2D eigenvalue weighted by atomic mass is 35.5. The number of likely N-dealkylation sites (tertiary alicyclic amines) is 1. The average molecular weight is 527 g/mol. The van der Waals surface area contributed by atoms with Crippen molar-refractivity contribution in [3.8, 4) is 5.75 Å². The molecule has 0 saturated carbocycles. The van der Waals surface area contributed by atoms with E-state index in [4.69, 9.17) is 16.3 Å². The Morgan fingerprint density at radius 3 is 2.61 bits per heavy atom.